The van der Waals surface area contributed by atoms with Gasteiger partial charge < -0.3 is 10.4 Å². The Kier molecular flexibility index (Phi) is 8.21. The molecule has 17 heavy (non-hydrogen) atoms. The summed E-state index contributed by atoms with van der Waals surface area (Å²) in [6.07, 6.45) is 4.00. The molecular formula is C12H24ClN3O. The SMILES string of the molecule is Cc1nn(C(C)C)cc1CNCCCCO.Cl. The molecule has 0 radical (unpaired) electrons. The number of aryl methyl sites for hydroxylation is 1. The van der Waals surface area contributed by atoms with Crippen molar-refractivity contribution in [1.29, 1.82) is 0 Å². The van der Waals surface area contributed by atoms with Crippen LogP contribution in [0.3, 0.4) is 0 Å². The predicted octanol–water partition coefficient (Wildman–Crippen LogP) is 2.06. The number of aromatic nitrogens is 2. The molecule has 0 saturated heterocycles. The van der Waals surface area contributed by atoms with E-state index in [0.29, 0.717) is 6.04 Å². The van der Waals surface area contributed by atoms with Crippen molar-refractivity contribution in [3.05, 3.63) is 17.5 Å². The minimum atomic E-state index is 0. The molecule has 0 fully saturated rings. The molecule has 1 aromatic rings. The molecule has 1 aromatic heterocycles. The Morgan fingerprint density at radius 3 is 2.65 bits per heavy atom. The van der Waals surface area contributed by atoms with Gasteiger partial charge in [0.05, 0.1) is 5.69 Å². The first-order valence-electron chi connectivity index (χ1n) is 6.01. The van der Waals surface area contributed by atoms with Crippen molar-refractivity contribution in [2.75, 3.05) is 13.2 Å². The fourth-order valence-electron chi connectivity index (χ4n) is 1.54. The summed E-state index contributed by atoms with van der Waals surface area (Å²) in [6.45, 7) is 8.41. The molecule has 0 spiro atoms. The summed E-state index contributed by atoms with van der Waals surface area (Å²) in [6, 6.07) is 0.418. The van der Waals surface area contributed by atoms with Gasteiger partial charge in [0.15, 0.2) is 0 Å². The van der Waals surface area contributed by atoms with Crippen LogP contribution in [0.25, 0.3) is 0 Å². The Labute approximate surface area is 110 Å². The van der Waals surface area contributed by atoms with E-state index in [1.165, 1.54) is 5.56 Å². The molecule has 1 rings (SSSR count). The molecule has 4 nitrogen and oxygen atoms in total. The molecule has 0 unspecified atom stereocenters. The van der Waals surface area contributed by atoms with Crippen LogP contribution in [0.5, 0.6) is 0 Å². The second-order valence-corrected chi connectivity index (χ2v) is 4.42. The zero-order valence-electron chi connectivity index (χ0n) is 10.9. The lowest BCUT2D eigenvalue weighted by Gasteiger charge is -2.03. The lowest BCUT2D eigenvalue weighted by Crippen LogP contribution is -2.15. The van der Waals surface area contributed by atoms with Crippen LogP contribution in [0.2, 0.25) is 0 Å². The van der Waals surface area contributed by atoms with E-state index >= 15 is 0 Å². The third-order valence-corrected chi connectivity index (χ3v) is 2.62. The molecule has 0 aliphatic rings. The van der Waals surface area contributed by atoms with Gasteiger partial charge in [-0.05, 0) is 40.2 Å². The van der Waals surface area contributed by atoms with E-state index in [4.69, 9.17) is 5.11 Å². The van der Waals surface area contributed by atoms with Crippen molar-refractivity contribution < 1.29 is 5.11 Å². The quantitative estimate of drug-likeness (QED) is 0.739. The van der Waals surface area contributed by atoms with Crippen LogP contribution in [0, 0.1) is 6.92 Å². The molecule has 0 saturated carbocycles. The maximum Gasteiger partial charge on any atom is 0.0638 e. The number of nitrogens with zero attached hydrogens (tertiary/aromatic N) is 2. The van der Waals surface area contributed by atoms with Gasteiger partial charge in [0.25, 0.3) is 0 Å². The summed E-state index contributed by atoms with van der Waals surface area (Å²) in [7, 11) is 0. The van der Waals surface area contributed by atoms with Crippen LogP contribution in [-0.2, 0) is 6.54 Å². The average Bonchev–Trinajstić information content (AvgIpc) is 2.60. The molecule has 0 aliphatic heterocycles. The van der Waals surface area contributed by atoms with E-state index in [-0.39, 0.29) is 19.0 Å². The van der Waals surface area contributed by atoms with Crippen molar-refractivity contribution in [3.8, 4) is 0 Å². The first-order chi connectivity index (χ1) is 7.65. The summed E-state index contributed by atoms with van der Waals surface area (Å²) in [5, 5.41) is 16.5. The summed E-state index contributed by atoms with van der Waals surface area (Å²) in [4.78, 5) is 0. The molecule has 2 N–H and O–H groups in total. The average molecular weight is 262 g/mol. The lowest BCUT2D eigenvalue weighted by atomic mass is 10.2. The highest BCUT2D eigenvalue weighted by atomic mass is 35.5. The van der Waals surface area contributed by atoms with Gasteiger partial charge in [-0.25, -0.2) is 0 Å². The fraction of sp³-hybridized carbons (Fsp3) is 0.750. The topological polar surface area (TPSA) is 50.1 Å². The van der Waals surface area contributed by atoms with Crippen LogP contribution >= 0.6 is 12.4 Å². The Hall–Kier alpha value is -0.580. The number of aliphatic hydroxyl groups is 1. The van der Waals surface area contributed by atoms with E-state index in [9.17, 15) is 0 Å². The van der Waals surface area contributed by atoms with Crippen LogP contribution in [-0.4, -0.2) is 28.0 Å². The summed E-state index contributed by atoms with van der Waals surface area (Å²) >= 11 is 0. The second kappa shape index (κ2) is 8.50. The number of halogens is 1. The smallest absolute Gasteiger partial charge is 0.0638 e. The van der Waals surface area contributed by atoms with E-state index in [1.807, 2.05) is 11.6 Å². The number of unbranched alkanes of at least 4 members (excludes halogenated alkanes) is 1. The largest absolute Gasteiger partial charge is 0.396 e. The van der Waals surface area contributed by atoms with Crippen LogP contribution in [0.1, 0.15) is 44.0 Å². The van der Waals surface area contributed by atoms with Gasteiger partial charge in [-0.15, -0.1) is 12.4 Å². The Bertz CT molecular complexity index is 313. The molecule has 100 valence electrons. The highest BCUT2D eigenvalue weighted by molar-refractivity contribution is 5.85. The molecule has 0 atom stereocenters. The van der Waals surface area contributed by atoms with Gasteiger partial charge in [0, 0.05) is 31.0 Å². The van der Waals surface area contributed by atoms with Crippen molar-refractivity contribution in [2.24, 2.45) is 0 Å². The van der Waals surface area contributed by atoms with Gasteiger partial charge in [0.1, 0.15) is 0 Å². The van der Waals surface area contributed by atoms with Crippen molar-refractivity contribution in [2.45, 2.75) is 46.2 Å². The van der Waals surface area contributed by atoms with Crippen molar-refractivity contribution in [3.63, 3.8) is 0 Å². The number of hydrogen-bond acceptors (Lipinski definition) is 3. The fourth-order valence-corrected chi connectivity index (χ4v) is 1.54. The highest BCUT2D eigenvalue weighted by Crippen LogP contribution is 2.10. The van der Waals surface area contributed by atoms with E-state index in [0.717, 1.165) is 31.6 Å². The predicted molar refractivity (Wildman–Crippen MR) is 72.6 cm³/mol. The van der Waals surface area contributed by atoms with Crippen molar-refractivity contribution >= 4 is 12.4 Å². The Balaban J connectivity index is 0.00000256. The number of rotatable bonds is 7. The zero-order chi connectivity index (χ0) is 12.0. The summed E-state index contributed by atoms with van der Waals surface area (Å²) < 4.78 is 2.00. The van der Waals surface area contributed by atoms with Crippen molar-refractivity contribution in [1.82, 2.24) is 15.1 Å². The standard InChI is InChI=1S/C12H23N3O.ClH/c1-10(2)15-9-12(11(3)14-15)8-13-6-4-5-7-16;/h9-10,13,16H,4-8H2,1-3H3;1H. The normalized spacial score (nSPS) is 10.6. The van der Waals surface area contributed by atoms with E-state index in [1.54, 1.807) is 0 Å². The van der Waals surface area contributed by atoms with E-state index in [2.05, 4.69) is 30.5 Å². The summed E-state index contributed by atoms with van der Waals surface area (Å²) in [5.74, 6) is 0. The summed E-state index contributed by atoms with van der Waals surface area (Å²) in [5.41, 5.74) is 2.36. The van der Waals surface area contributed by atoms with Gasteiger partial charge in [-0.3, -0.25) is 4.68 Å². The molecule has 1 heterocycles. The monoisotopic (exact) mass is 261 g/mol. The number of hydrogen-bond donors (Lipinski definition) is 2. The lowest BCUT2D eigenvalue weighted by molar-refractivity contribution is 0.283. The zero-order valence-corrected chi connectivity index (χ0v) is 11.8. The number of nitrogens with one attached hydrogen (secondary N) is 1. The third-order valence-electron chi connectivity index (χ3n) is 2.62. The van der Waals surface area contributed by atoms with Gasteiger partial charge in [-0.1, -0.05) is 0 Å². The van der Waals surface area contributed by atoms with Gasteiger partial charge in [-0.2, -0.15) is 5.10 Å². The third kappa shape index (κ3) is 5.52. The first-order valence-corrected chi connectivity index (χ1v) is 6.01. The van der Waals surface area contributed by atoms with Crippen LogP contribution < -0.4 is 5.32 Å². The molecule has 5 heteroatoms. The van der Waals surface area contributed by atoms with E-state index < -0.39 is 0 Å². The minimum absolute atomic E-state index is 0. The molecule has 0 aliphatic carbocycles. The Morgan fingerprint density at radius 2 is 2.12 bits per heavy atom. The van der Waals surface area contributed by atoms with Gasteiger partial charge in [0.2, 0.25) is 0 Å². The maximum atomic E-state index is 8.65. The molecule has 0 aromatic carbocycles. The van der Waals surface area contributed by atoms with Crippen LogP contribution in [0.4, 0.5) is 0 Å². The maximum absolute atomic E-state index is 8.65. The van der Waals surface area contributed by atoms with Crippen LogP contribution in [0.15, 0.2) is 6.20 Å². The first kappa shape index (κ1) is 16.4. The molecule has 0 amide bonds. The highest BCUT2D eigenvalue weighted by Gasteiger charge is 2.06. The van der Waals surface area contributed by atoms with Gasteiger partial charge >= 0.3 is 0 Å². The second-order valence-electron chi connectivity index (χ2n) is 4.42. The molecular weight excluding hydrogens is 238 g/mol. The molecule has 0 bridgehead atoms. The minimum Gasteiger partial charge on any atom is -0.396 e. The number of aliphatic hydroxyl groups excluding tert-OH is 1. The Morgan fingerprint density at radius 1 is 1.41 bits per heavy atom.